The molecule has 0 aliphatic carbocycles. The van der Waals surface area contributed by atoms with Crippen molar-refractivity contribution in [2.45, 2.75) is 34.5 Å². The zero-order valence-corrected chi connectivity index (χ0v) is 28.1. The molecule has 1 aliphatic rings. The summed E-state index contributed by atoms with van der Waals surface area (Å²) < 4.78 is 32.3. The molecule has 0 saturated carbocycles. The number of nitrogens with one attached hydrogen (secondary N) is 1. The summed E-state index contributed by atoms with van der Waals surface area (Å²) in [4.78, 5) is 53.3. The van der Waals surface area contributed by atoms with Crippen LogP contribution >= 0.6 is 34.8 Å². The van der Waals surface area contributed by atoms with E-state index in [1.807, 2.05) is 0 Å². The lowest BCUT2D eigenvalue weighted by atomic mass is 10.0. The molecule has 1 fully saturated rings. The topological polar surface area (TPSA) is 148 Å². The van der Waals surface area contributed by atoms with Gasteiger partial charge in [0.25, 0.3) is 3.79 Å². The molecule has 5 atom stereocenters. The Bertz CT molecular complexity index is 1790. The first-order chi connectivity index (χ1) is 24.0. The van der Waals surface area contributed by atoms with Gasteiger partial charge >= 0.3 is 23.9 Å². The molecule has 1 heterocycles. The van der Waals surface area contributed by atoms with Gasteiger partial charge in [-0.25, -0.2) is 19.2 Å². The highest BCUT2D eigenvalue weighted by molar-refractivity contribution is 6.76. The van der Waals surface area contributed by atoms with Crippen LogP contribution < -0.4 is 0 Å². The van der Waals surface area contributed by atoms with E-state index in [4.69, 9.17) is 68.6 Å². The summed E-state index contributed by atoms with van der Waals surface area (Å²) in [7, 11) is 0. The molecule has 50 heavy (non-hydrogen) atoms. The minimum absolute atomic E-state index is 0.114. The fourth-order valence-corrected chi connectivity index (χ4v) is 4.94. The zero-order valence-electron chi connectivity index (χ0n) is 25.9. The number of alkyl halides is 3. The standard InChI is InChI=1S/C36H28Cl3NO10/c37-36(38,39)35(40)50-34-29(48-33(44)25-19-11-4-12-20-25)28(47-32(43)24-17-9-3-10-18-24)27(49-34)26(46-31(42)23-15-7-2-8-16-23)21-45-30(41)22-13-5-1-6-14-22/h1-20,26-29,34,40H,21H2/t26-,27+,28+,29-,34+/m1/s1. The predicted octanol–water partition coefficient (Wildman–Crippen LogP) is 6.61. The molecule has 0 aromatic heterocycles. The molecule has 4 aromatic carbocycles. The second-order valence-corrected chi connectivity index (χ2v) is 12.9. The number of carbonyl (C=O) groups is 4. The van der Waals surface area contributed by atoms with Crippen molar-refractivity contribution in [3.63, 3.8) is 0 Å². The van der Waals surface area contributed by atoms with Crippen LogP contribution in [0.1, 0.15) is 41.4 Å². The van der Waals surface area contributed by atoms with E-state index < -0.39 is 70.9 Å². The Hall–Kier alpha value is -4.94. The van der Waals surface area contributed by atoms with Crippen LogP contribution in [-0.2, 0) is 28.4 Å². The first kappa shape index (κ1) is 36.3. The Morgan fingerprint density at radius 2 is 1.00 bits per heavy atom. The van der Waals surface area contributed by atoms with Crippen LogP contribution in [0.4, 0.5) is 0 Å². The van der Waals surface area contributed by atoms with E-state index in [0.29, 0.717) is 0 Å². The normalized spacial score (nSPS) is 19.0. The molecule has 0 spiro atoms. The number of esters is 4. The van der Waals surface area contributed by atoms with Crippen molar-refractivity contribution >= 4 is 64.6 Å². The highest BCUT2D eigenvalue weighted by Gasteiger charge is 2.56. The van der Waals surface area contributed by atoms with Crippen molar-refractivity contribution in [2.75, 3.05) is 6.61 Å². The van der Waals surface area contributed by atoms with Crippen molar-refractivity contribution in [3.05, 3.63) is 144 Å². The van der Waals surface area contributed by atoms with Gasteiger partial charge in [-0.15, -0.1) is 0 Å². The minimum Gasteiger partial charge on any atom is -0.458 e. The highest BCUT2D eigenvalue weighted by Crippen LogP contribution is 2.36. The summed E-state index contributed by atoms with van der Waals surface area (Å²) in [5, 5.41) is 8.21. The molecule has 0 amide bonds. The van der Waals surface area contributed by atoms with Gasteiger partial charge in [-0.1, -0.05) is 108 Å². The van der Waals surface area contributed by atoms with E-state index in [1.54, 1.807) is 72.8 Å². The molecular weight excluding hydrogens is 713 g/mol. The second-order valence-electron chi connectivity index (χ2n) is 10.7. The average Bonchev–Trinajstić information content (AvgIpc) is 3.45. The monoisotopic (exact) mass is 739 g/mol. The molecule has 1 saturated heterocycles. The zero-order chi connectivity index (χ0) is 35.7. The van der Waals surface area contributed by atoms with Crippen LogP contribution in [0.15, 0.2) is 121 Å². The minimum atomic E-state index is -2.38. The van der Waals surface area contributed by atoms with Crippen LogP contribution in [0.5, 0.6) is 0 Å². The number of hydrogen-bond acceptors (Lipinski definition) is 11. The number of rotatable bonds is 11. The number of carbonyl (C=O) groups excluding carboxylic acids is 4. The summed E-state index contributed by atoms with van der Waals surface area (Å²) in [6.45, 7) is -0.621. The van der Waals surface area contributed by atoms with E-state index in [-0.39, 0.29) is 22.3 Å². The van der Waals surface area contributed by atoms with E-state index in [1.165, 1.54) is 48.5 Å². The van der Waals surface area contributed by atoms with Gasteiger partial charge < -0.3 is 28.4 Å². The van der Waals surface area contributed by atoms with Gasteiger partial charge in [-0.3, -0.25) is 5.41 Å². The van der Waals surface area contributed by atoms with Crippen LogP contribution in [0.25, 0.3) is 0 Å². The van der Waals surface area contributed by atoms with E-state index in [0.717, 1.165) is 0 Å². The first-order valence-electron chi connectivity index (χ1n) is 15.0. The summed E-state index contributed by atoms with van der Waals surface area (Å²) in [6.07, 6.45) is -8.06. The SMILES string of the molecule is N=C(O[C@@H]1O[C@@H]([C@@H](COC(=O)c2ccccc2)OC(=O)c2ccccc2)[C@H](OC(=O)c2ccccc2)[C@H]1OC(=O)c1ccccc1)C(Cl)(Cl)Cl. The van der Waals surface area contributed by atoms with Crippen LogP contribution in [0, 0.1) is 5.41 Å². The van der Waals surface area contributed by atoms with Crippen LogP contribution in [0.2, 0.25) is 0 Å². The molecule has 0 radical (unpaired) electrons. The number of benzene rings is 4. The quantitative estimate of drug-likeness (QED) is 0.0586. The van der Waals surface area contributed by atoms with Crippen molar-refractivity contribution in [3.8, 4) is 0 Å². The Morgan fingerprint density at radius 1 is 0.600 bits per heavy atom. The summed E-state index contributed by atoms with van der Waals surface area (Å²) in [5.74, 6) is -4.30. The maximum absolute atomic E-state index is 13.5. The third kappa shape index (κ3) is 9.39. The van der Waals surface area contributed by atoms with Gasteiger partial charge in [-0.2, -0.15) is 0 Å². The maximum atomic E-state index is 13.5. The van der Waals surface area contributed by atoms with Crippen LogP contribution in [0.3, 0.4) is 0 Å². The lowest BCUT2D eigenvalue weighted by Gasteiger charge is -2.28. The molecule has 0 unspecified atom stereocenters. The molecule has 1 N–H and O–H groups in total. The molecule has 1 aliphatic heterocycles. The molecule has 4 aromatic rings. The highest BCUT2D eigenvalue weighted by atomic mass is 35.6. The van der Waals surface area contributed by atoms with E-state index in [9.17, 15) is 19.2 Å². The Morgan fingerprint density at radius 3 is 1.44 bits per heavy atom. The molecule has 14 heteroatoms. The average molecular weight is 741 g/mol. The Labute approximate surface area is 301 Å². The van der Waals surface area contributed by atoms with Crippen molar-refractivity contribution < 1.29 is 47.6 Å². The molecule has 0 bridgehead atoms. The van der Waals surface area contributed by atoms with Gasteiger partial charge in [0.1, 0.15) is 12.7 Å². The smallest absolute Gasteiger partial charge is 0.338 e. The third-order valence-corrected chi connectivity index (χ3v) is 7.74. The Kier molecular flexibility index (Phi) is 12.1. The lowest BCUT2D eigenvalue weighted by Crippen LogP contribution is -2.47. The fourth-order valence-electron chi connectivity index (χ4n) is 4.81. The Balaban J connectivity index is 1.54. The van der Waals surface area contributed by atoms with Gasteiger partial charge in [0, 0.05) is 0 Å². The first-order valence-corrected chi connectivity index (χ1v) is 16.1. The third-order valence-electron chi connectivity index (χ3n) is 7.23. The van der Waals surface area contributed by atoms with E-state index >= 15 is 0 Å². The summed E-state index contributed by atoms with van der Waals surface area (Å²) in [6, 6.07) is 31.7. The largest absolute Gasteiger partial charge is 0.458 e. The van der Waals surface area contributed by atoms with Crippen LogP contribution in [-0.4, -0.2) is 70.9 Å². The molecule has 11 nitrogen and oxygen atoms in total. The number of halogens is 3. The number of hydrogen-bond donors (Lipinski definition) is 1. The maximum Gasteiger partial charge on any atom is 0.338 e. The molecular formula is C36H28Cl3NO10. The molecule has 5 rings (SSSR count). The second kappa shape index (κ2) is 16.6. The van der Waals surface area contributed by atoms with Crippen molar-refractivity contribution in [1.29, 1.82) is 5.41 Å². The number of ether oxygens (including phenoxy) is 6. The van der Waals surface area contributed by atoms with Gasteiger partial charge in [0.2, 0.25) is 18.3 Å². The van der Waals surface area contributed by atoms with E-state index in [2.05, 4.69) is 0 Å². The van der Waals surface area contributed by atoms with Gasteiger partial charge in [0.15, 0.2) is 12.2 Å². The van der Waals surface area contributed by atoms with Crippen molar-refractivity contribution in [1.82, 2.24) is 0 Å². The van der Waals surface area contributed by atoms with Gasteiger partial charge in [0.05, 0.1) is 22.3 Å². The van der Waals surface area contributed by atoms with Crippen molar-refractivity contribution in [2.24, 2.45) is 0 Å². The fraction of sp³-hybridized carbons (Fsp3) is 0.194. The predicted molar refractivity (Wildman–Crippen MR) is 181 cm³/mol. The lowest BCUT2D eigenvalue weighted by molar-refractivity contribution is -0.146. The molecule has 258 valence electrons. The summed E-state index contributed by atoms with van der Waals surface area (Å²) in [5.41, 5.74) is 0.571. The summed E-state index contributed by atoms with van der Waals surface area (Å²) >= 11 is 17.7. The van der Waals surface area contributed by atoms with Gasteiger partial charge in [-0.05, 0) is 48.5 Å².